The predicted molar refractivity (Wildman–Crippen MR) is 44.5 cm³/mol. The molecular formula is C8H3BrF4O. The maximum absolute atomic E-state index is 12.9. The molecule has 0 saturated heterocycles. The van der Waals surface area contributed by atoms with E-state index < -0.39 is 17.6 Å². The summed E-state index contributed by atoms with van der Waals surface area (Å²) in [5.41, 5.74) is -1.54. The largest absolute Gasteiger partial charge is 0.416 e. The van der Waals surface area contributed by atoms with E-state index in [-0.39, 0.29) is 16.3 Å². The molecule has 0 aliphatic heterocycles. The molecule has 0 aliphatic rings. The third-order valence-corrected chi connectivity index (χ3v) is 2.35. The Hall–Kier alpha value is -0.910. The fourth-order valence-electron chi connectivity index (χ4n) is 0.860. The first-order valence-electron chi connectivity index (χ1n) is 3.37. The zero-order chi connectivity index (χ0) is 10.9. The minimum atomic E-state index is -4.65. The van der Waals surface area contributed by atoms with Gasteiger partial charge in [-0.15, -0.1) is 0 Å². The van der Waals surface area contributed by atoms with Gasteiger partial charge in [-0.25, -0.2) is 4.39 Å². The van der Waals surface area contributed by atoms with E-state index in [0.29, 0.717) is 12.1 Å². The molecule has 0 unspecified atom stereocenters. The van der Waals surface area contributed by atoms with Crippen molar-refractivity contribution in [3.8, 4) is 0 Å². The second-order valence-electron chi connectivity index (χ2n) is 2.48. The minimum absolute atomic E-state index is 0.155. The topological polar surface area (TPSA) is 17.1 Å². The number of alkyl halides is 3. The van der Waals surface area contributed by atoms with Gasteiger partial charge < -0.3 is 0 Å². The van der Waals surface area contributed by atoms with Crippen molar-refractivity contribution >= 4 is 22.2 Å². The molecule has 1 aromatic rings. The van der Waals surface area contributed by atoms with E-state index in [4.69, 9.17) is 0 Å². The van der Waals surface area contributed by atoms with Crippen LogP contribution >= 0.6 is 15.9 Å². The van der Waals surface area contributed by atoms with Gasteiger partial charge in [-0.3, -0.25) is 4.79 Å². The summed E-state index contributed by atoms with van der Waals surface area (Å²) in [6.07, 6.45) is -4.50. The lowest BCUT2D eigenvalue weighted by Gasteiger charge is -2.08. The van der Waals surface area contributed by atoms with Crippen molar-refractivity contribution in [2.24, 2.45) is 0 Å². The van der Waals surface area contributed by atoms with Crippen molar-refractivity contribution in [2.75, 3.05) is 0 Å². The van der Waals surface area contributed by atoms with Crippen LogP contribution in [0.2, 0.25) is 0 Å². The van der Waals surface area contributed by atoms with Crippen molar-refractivity contribution < 1.29 is 22.4 Å². The van der Waals surface area contributed by atoms with Crippen molar-refractivity contribution in [3.05, 3.63) is 33.5 Å². The zero-order valence-corrected chi connectivity index (χ0v) is 8.12. The van der Waals surface area contributed by atoms with Gasteiger partial charge in [0.25, 0.3) is 0 Å². The van der Waals surface area contributed by atoms with Crippen LogP contribution in [0.1, 0.15) is 15.9 Å². The van der Waals surface area contributed by atoms with Crippen molar-refractivity contribution in [1.29, 1.82) is 0 Å². The lowest BCUT2D eigenvalue weighted by atomic mass is 10.1. The van der Waals surface area contributed by atoms with Gasteiger partial charge in [0.15, 0.2) is 6.29 Å². The summed E-state index contributed by atoms with van der Waals surface area (Å²) in [5.74, 6) is -1.11. The molecule has 0 saturated carbocycles. The number of hydrogen-bond donors (Lipinski definition) is 0. The highest BCUT2D eigenvalue weighted by molar-refractivity contribution is 9.10. The first kappa shape index (κ1) is 11.2. The van der Waals surface area contributed by atoms with Crippen LogP contribution in [0.5, 0.6) is 0 Å². The Morgan fingerprint density at radius 2 is 1.86 bits per heavy atom. The van der Waals surface area contributed by atoms with E-state index >= 15 is 0 Å². The van der Waals surface area contributed by atoms with Gasteiger partial charge >= 0.3 is 6.18 Å². The lowest BCUT2D eigenvalue weighted by Crippen LogP contribution is -2.06. The minimum Gasteiger partial charge on any atom is -0.298 e. The van der Waals surface area contributed by atoms with Gasteiger partial charge in [-0.2, -0.15) is 13.2 Å². The van der Waals surface area contributed by atoms with Crippen LogP contribution in [0.3, 0.4) is 0 Å². The molecule has 1 aromatic carbocycles. The lowest BCUT2D eigenvalue weighted by molar-refractivity contribution is -0.137. The highest BCUT2D eigenvalue weighted by atomic mass is 79.9. The van der Waals surface area contributed by atoms with E-state index in [1.807, 2.05) is 0 Å². The second kappa shape index (κ2) is 3.68. The Bertz CT molecular complexity index is 372. The summed E-state index contributed by atoms with van der Waals surface area (Å²) in [6.45, 7) is 0. The van der Waals surface area contributed by atoms with Crippen LogP contribution in [0.25, 0.3) is 0 Å². The molecular weight excluding hydrogens is 268 g/mol. The number of carbonyl (C=O) groups is 1. The molecule has 0 N–H and O–H groups in total. The van der Waals surface area contributed by atoms with Crippen LogP contribution in [-0.2, 0) is 6.18 Å². The van der Waals surface area contributed by atoms with Gasteiger partial charge in [0.1, 0.15) is 5.82 Å². The van der Waals surface area contributed by atoms with Crippen molar-refractivity contribution in [1.82, 2.24) is 0 Å². The Balaban J connectivity index is 3.37. The van der Waals surface area contributed by atoms with E-state index in [1.54, 1.807) is 0 Å². The Morgan fingerprint density at radius 3 is 2.29 bits per heavy atom. The summed E-state index contributed by atoms with van der Waals surface area (Å²) < 4.78 is 48.9. The molecule has 0 heterocycles. The smallest absolute Gasteiger partial charge is 0.298 e. The average Bonchev–Trinajstić information content (AvgIpc) is 2.07. The maximum atomic E-state index is 12.9. The van der Waals surface area contributed by atoms with E-state index in [1.165, 1.54) is 0 Å². The molecule has 0 bridgehead atoms. The zero-order valence-electron chi connectivity index (χ0n) is 6.53. The van der Waals surface area contributed by atoms with Crippen LogP contribution in [-0.4, -0.2) is 6.29 Å². The van der Waals surface area contributed by atoms with Crippen LogP contribution in [0, 0.1) is 5.82 Å². The highest BCUT2D eigenvalue weighted by Crippen LogP contribution is 2.32. The number of benzene rings is 1. The molecule has 0 fully saturated rings. The number of rotatable bonds is 1. The molecule has 0 aromatic heterocycles. The quantitative estimate of drug-likeness (QED) is 0.565. The predicted octanol–water partition coefficient (Wildman–Crippen LogP) is 3.42. The van der Waals surface area contributed by atoms with E-state index in [2.05, 4.69) is 15.9 Å². The fourth-order valence-corrected chi connectivity index (χ4v) is 1.18. The Morgan fingerprint density at radius 1 is 1.29 bits per heavy atom. The molecule has 76 valence electrons. The van der Waals surface area contributed by atoms with Crippen LogP contribution < -0.4 is 0 Å². The molecule has 0 aliphatic carbocycles. The molecule has 6 heteroatoms. The molecule has 0 amide bonds. The third-order valence-electron chi connectivity index (χ3n) is 1.51. The third kappa shape index (κ3) is 2.12. The second-order valence-corrected chi connectivity index (χ2v) is 3.27. The van der Waals surface area contributed by atoms with Gasteiger partial charge in [0, 0.05) is 5.56 Å². The number of carbonyl (C=O) groups excluding carboxylic acids is 1. The molecule has 0 spiro atoms. The summed E-state index contributed by atoms with van der Waals surface area (Å²) in [7, 11) is 0. The standard InChI is InChI=1S/C8H3BrF4O/c9-7-4(3-14)1-5(2-6(7)10)8(11,12)13/h1-3H. The van der Waals surface area contributed by atoms with E-state index in [9.17, 15) is 22.4 Å². The van der Waals surface area contributed by atoms with Crippen molar-refractivity contribution in [2.45, 2.75) is 6.18 Å². The molecule has 1 nitrogen and oxygen atoms in total. The number of hydrogen-bond acceptors (Lipinski definition) is 1. The van der Waals surface area contributed by atoms with E-state index in [0.717, 1.165) is 0 Å². The molecule has 14 heavy (non-hydrogen) atoms. The monoisotopic (exact) mass is 270 g/mol. The summed E-state index contributed by atoms with van der Waals surface area (Å²) in [6, 6.07) is 0.914. The normalized spacial score (nSPS) is 11.5. The highest BCUT2D eigenvalue weighted by Gasteiger charge is 2.32. The van der Waals surface area contributed by atoms with Gasteiger partial charge in [-0.05, 0) is 28.1 Å². The fraction of sp³-hybridized carbons (Fsp3) is 0.125. The first-order valence-corrected chi connectivity index (χ1v) is 4.17. The molecule has 0 atom stereocenters. The van der Waals surface area contributed by atoms with Crippen LogP contribution in [0.15, 0.2) is 16.6 Å². The van der Waals surface area contributed by atoms with Gasteiger partial charge in [-0.1, -0.05) is 0 Å². The van der Waals surface area contributed by atoms with Gasteiger partial charge in [0.05, 0.1) is 10.0 Å². The summed E-state index contributed by atoms with van der Waals surface area (Å²) in [4.78, 5) is 10.3. The number of aldehydes is 1. The average molecular weight is 271 g/mol. The molecule has 0 radical (unpaired) electrons. The maximum Gasteiger partial charge on any atom is 0.416 e. The SMILES string of the molecule is O=Cc1cc(C(F)(F)F)cc(F)c1Br. The summed E-state index contributed by atoms with van der Waals surface area (Å²) in [5, 5.41) is 0. The summed E-state index contributed by atoms with van der Waals surface area (Å²) >= 11 is 2.67. The number of halogens is 5. The Labute approximate surface area is 84.9 Å². The molecule has 1 rings (SSSR count). The first-order chi connectivity index (χ1) is 6.36. The van der Waals surface area contributed by atoms with Crippen molar-refractivity contribution in [3.63, 3.8) is 0 Å². The Kier molecular flexibility index (Phi) is 2.94. The van der Waals surface area contributed by atoms with Crippen LogP contribution in [0.4, 0.5) is 17.6 Å². The van der Waals surface area contributed by atoms with Gasteiger partial charge in [0.2, 0.25) is 0 Å².